The Morgan fingerprint density at radius 1 is 1.67 bits per heavy atom. The predicted molar refractivity (Wildman–Crippen MR) is 59.6 cm³/mol. The number of carbonyl (C=O) groups excluding carboxylic acids is 1. The van der Waals surface area contributed by atoms with Crippen molar-refractivity contribution >= 4 is 17.5 Å². The zero-order valence-electron chi connectivity index (χ0n) is 8.16. The Kier molecular flexibility index (Phi) is 4.65. The second kappa shape index (κ2) is 6.05. The van der Waals surface area contributed by atoms with Gasteiger partial charge in [-0.2, -0.15) is 0 Å². The molecule has 1 N–H and O–H groups in total. The molecule has 0 saturated heterocycles. The summed E-state index contributed by atoms with van der Waals surface area (Å²) in [4.78, 5) is 15.4. The van der Waals surface area contributed by atoms with E-state index in [4.69, 9.17) is 18.0 Å². The average molecular weight is 223 g/mol. The first kappa shape index (κ1) is 11.5. The van der Waals surface area contributed by atoms with E-state index in [0.717, 1.165) is 6.42 Å². The standard InChI is InChI=1S/C11H11ClN2O/c1-2-3-4-6-14-11(15)9-8-13-7-5-10(9)12/h1,5,7-8H,3-4,6H2,(H,14,15). The molecule has 0 radical (unpaired) electrons. The minimum atomic E-state index is -0.217. The van der Waals surface area contributed by atoms with Crippen LogP contribution in [0, 0.1) is 12.3 Å². The molecular formula is C11H11ClN2O. The first-order valence-corrected chi connectivity index (χ1v) is 4.94. The fourth-order valence-corrected chi connectivity index (χ4v) is 1.22. The Labute approximate surface area is 93.9 Å². The van der Waals surface area contributed by atoms with Gasteiger partial charge >= 0.3 is 0 Å². The minimum absolute atomic E-state index is 0.217. The van der Waals surface area contributed by atoms with Crippen LogP contribution in [-0.2, 0) is 0 Å². The lowest BCUT2D eigenvalue weighted by Gasteiger charge is -2.04. The Hall–Kier alpha value is -1.53. The number of terminal acetylenes is 1. The van der Waals surface area contributed by atoms with Gasteiger partial charge in [-0.05, 0) is 12.5 Å². The van der Waals surface area contributed by atoms with E-state index < -0.39 is 0 Å². The Bertz CT molecular complexity index is 384. The van der Waals surface area contributed by atoms with Crippen molar-refractivity contribution < 1.29 is 4.79 Å². The number of hydrogen-bond donors (Lipinski definition) is 1. The quantitative estimate of drug-likeness (QED) is 0.624. The summed E-state index contributed by atoms with van der Waals surface area (Å²) in [7, 11) is 0. The molecule has 0 aliphatic carbocycles. The van der Waals surface area contributed by atoms with Crippen molar-refractivity contribution in [2.45, 2.75) is 12.8 Å². The van der Waals surface area contributed by atoms with E-state index in [2.05, 4.69) is 16.2 Å². The number of nitrogens with zero attached hydrogens (tertiary/aromatic N) is 1. The van der Waals surface area contributed by atoms with Crippen molar-refractivity contribution in [1.29, 1.82) is 0 Å². The van der Waals surface area contributed by atoms with Crippen molar-refractivity contribution in [2.75, 3.05) is 6.54 Å². The van der Waals surface area contributed by atoms with Gasteiger partial charge in [0.1, 0.15) is 0 Å². The van der Waals surface area contributed by atoms with Gasteiger partial charge in [0, 0.05) is 25.4 Å². The first-order valence-electron chi connectivity index (χ1n) is 4.57. The van der Waals surface area contributed by atoms with Gasteiger partial charge in [-0.3, -0.25) is 9.78 Å². The number of unbranched alkanes of at least 4 members (excludes halogenated alkanes) is 1. The highest BCUT2D eigenvalue weighted by molar-refractivity contribution is 6.33. The van der Waals surface area contributed by atoms with Crippen molar-refractivity contribution in [2.24, 2.45) is 0 Å². The summed E-state index contributed by atoms with van der Waals surface area (Å²) >= 11 is 5.83. The van der Waals surface area contributed by atoms with Crippen LogP contribution in [0.5, 0.6) is 0 Å². The highest BCUT2D eigenvalue weighted by atomic mass is 35.5. The topological polar surface area (TPSA) is 42.0 Å². The number of nitrogens with one attached hydrogen (secondary N) is 1. The summed E-state index contributed by atoms with van der Waals surface area (Å²) in [6.45, 7) is 0.550. The van der Waals surface area contributed by atoms with Crippen molar-refractivity contribution in [3.8, 4) is 12.3 Å². The molecule has 0 atom stereocenters. The van der Waals surface area contributed by atoms with Gasteiger partial charge in [0.25, 0.3) is 5.91 Å². The number of halogens is 1. The lowest BCUT2D eigenvalue weighted by molar-refractivity contribution is 0.0953. The number of pyridine rings is 1. The maximum atomic E-state index is 11.5. The molecule has 0 aromatic carbocycles. The summed E-state index contributed by atoms with van der Waals surface area (Å²) in [6, 6.07) is 1.58. The molecule has 0 bridgehead atoms. The van der Waals surface area contributed by atoms with E-state index in [0.29, 0.717) is 23.6 Å². The predicted octanol–water partition coefficient (Wildman–Crippen LogP) is 1.88. The van der Waals surface area contributed by atoms with E-state index in [-0.39, 0.29) is 5.91 Å². The van der Waals surface area contributed by atoms with Gasteiger partial charge in [0.05, 0.1) is 10.6 Å². The smallest absolute Gasteiger partial charge is 0.254 e. The fraction of sp³-hybridized carbons (Fsp3) is 0.273. The van der Waals surface area contributed by atoms with Crippen LogP contribution in [0.1, 0.15) is 23.2 Å². The van der Waals surface area contributed by atoms with Gasteiger partial charge in [-0.1, -0.05) is 11.6 Å². The highest BCUT2D eigenvalue weighted by Crippen LogP contribution is 2.12. The number of amides is 1. The molecule has 0 aliphatic rings. The Morgan fingerprint density at radius 3 is 3.13 bits per heavy atom. The average Bonchev–Trinajstić information content (AvgIpc) is 2.25. The van der Waals surface area contributed by atoms with Crippen LogP contribution in [0.3, 0.4) is 0 Å². The highest BCUT2D eigenvalue weighted by Gasteiger charge is 2.08. The normalized spacial score (nSPS) is 9.33. The maximum Gasteiger partial charge on any atom is 0.254 e. The summed E-state index contributed by atoms with van der Waals surface area (Å²) in [5.41, 5.74) is 0.389. The molecule has 1 aromatic heterocycles. The van der Waals surface area contributed by atoms with Crippen LogP contribution in [0.15, 0.2) is 18.5 Å². The summed E-state index contributed by atoms with van der Waals surface area (Å²) in [5.74, 6) is 2.29. The molecule has 1 aromatic rings. The van der Waals surface area contributed by atoms with Crippen molar-refractivity contribution in [3.05, 3.63) is 29.0 Å². The molecule has 0 saturated carbocycles. The second-order valence-electron chi connectivity index (χ2n) is 2.92. The van der Waals surface area contributed by atoms with E-state index in [1.165, 1.54) is 12.4 Å². The van der Waals surface area contributed by atoms with Crippen LogP contribution in [0.4, 0.5) is 0 Å². The van der Waals surface area contributed by atoms with Crippen molar-refractivity contribution in [1.82, 2.24) is 10.3 Å². The zero-order valence-corrected chi connectivity index (χ0v) is 8.92. The fourth-order valence-electron chi connectivity index (χ4n) is 1.03. The molecule has 4 heteroatoms. The van der Waals surface area contributed by atoms with E-state index in [1.54, 1.807) is 6.07 Å². The van der Waals surface area contributed by atoms with Crippen molar-refractivity contribution in [3.63, 3.8) is 0 Å². The van der Waals surface area contributed by atoms with Gasteiger partial charge in [-0.25, -0.2) is 0 Å². The summed E-state index contributed by atoms with van der Waals surface area (Å²) in [6.07, 6.45) is 9.49. The number of carbonyl (C=O) groups is 1. The molecular weight excluding hydrogens is 212 g/mol. The van der Waals surface area contributed by atoms with E-state index in [9.17, 15) is 4.79 Å². The largest absolute Gasteiger partial charge is 0.352 e. The second-order valence-corrected chi connectivity index (χ2v) is 3.33. The molecule has 3 nitrogen and oxygen atoms in total. The monoisotopic (exact) mass is 222 g/mol. The van der Waals surface area contributed by atoms with Crippen LogP contribution in [-0.4, -0.2) is 17.4 Å². The molecule has 1 amide bonds. The molecule has 1 heterocycles. The van der Waals surface area contributed by atoms with Crippen LogP contribution in [0.25, 0.3) is 0 Å². The number of hydrogen-bond acceptors (Lipinski definition) is 2. The lowest BCUT2D eigenvalue weighted by Crippen LogP contribution is -2.24. The van der Waals surface area contributed by atoms with Crippen LogP contribution in [0.2, 0.25) is 5.02 Å². The maximum absolute atomic E-state index is 11.5. The molecule has 78 valence electrons. The number of rotatable bonds is 4. The third-order valence-corrected chi connectivity index (χ3v) is 2.13. The van der Waals surface area contributed by atoms with Gasteiger partial charge in [-0.15, -0.1) is 12.3 Å². The molecule has 0 aliphatic heterocycles. The molecule has 15 heavy (non-hydrogen) atoms. The summed E-state index contributed by atoms with van der Waals surface area (Å²) < 4.78 is 0. The minimum Gasteiger partial charge on any atom is -0.352 e. The Morgan fingerprint density at radius 2 is 2.47 bits per heavy atom. The van der Waals surface area contributed by atoms with Crippen LogP contribution < -0.4 is 5.32 Å². The van der Waals surface area contributed by atoms with E-state index in [1.807, 2.05) is 0 Å². The van der Waals surface area contributed by atoms with Gasteiger partial charge < -0.3 is 5.32 Å². The lowest BCUT2D eigenvalue weighted by atomic mass is 10.2. The molecule has 0 fully saturated rings. The SMILES string of the molecule is C#CCCCNC(=O)c1cnccc1Cl. The third-order valence-electron chi connectivity index (χ3n) is 1.80. The first-order chi connectivity index (χ1) is 7.25. The van der Waals surface area contributed by atoms with E-state index >= 15 is 0 Å². The summed E-state index contributed by atoms with van der Waals surface area (Å²) in [5, 5.41) is 3.12. The van der Waals surface area contributed by atoms with Gasteiger partial charge in [0.15, 0.2) is 0 Å². The number of aromatic nitrogens is 1. The molecule has 0 unspecified atom stereocenters. The zero-order chi connectivity index (χ0) is 11.1. The molecule has 1 rings (SSSR count). The Balaban J connectivity index is 2.48. The third kappa shape index (κ3) is 3.61. The van der Waals surface area contributed by atoms with Gasteiger partial charge in [0.2, 0.25) is 0 Å². The molecule has 0 spiro atoms. The van der Waals surface area contributed by atoms with Crippen LogP contribution >= 0.6 is 11.6 Å².